The number of carboxylic acid groups (broad SMARTS) is 1. The van der Waals surface area contributed by atoms with Crippen molar-refractivity contribution in [3.05, 3.63) is 0 Å². The second kappa shape index (κ2) is 7.72. The predicted octanol–water partition coefficient (Wildman–Crippen LogP) is 2.74. The Hall–Kier alpha value is -1.31. The van der Waals surface area contributed by atoms with Crippen LogP contribution in [0.4, 0.5) is 13.2 Å². The van der Waals surface area contributed by atoms with Crippen LogP contribution in [0.2, 0.25) is 0 Å². The summed E-state index contributed by atoms with van der Waals surface area (Å²) in [6, 6.07) is 0. The van der Waals surface area contributed by atoms with Gasteiger partial charge in [-0.1, -0.05) is 0 Å². The minimum Gasteiger partial charge on any atom is -0.481 e. The number of aliphatic carboxylic acids is 1. The van der Waals surface area contributed by atoms with E-state index < -0.39 is 23.5 Å². The summed E-state index contributed by atoms with van der Waals surface area (Å²) >= 11 is 0. The van der Waals surface area contributed by atoms with E-state index in [0.717, 1.165) is 0 Å². The molecule has 2 rings (SSSR count). The Morgan fingerprint density at radius 3 is 2.21 bits per heavy atom. The lowest BCUT2D eigenvalue weighted by atomic mass is 9.79. The Morgan fingerprint density at radius 2 is 1.71 bits per heavy atom. The normalized spacial score (nSPS) is 27.5. The van der Waals surface area contributed by atoms with Crippen LogP contribution in [0.3, 0.4) is 0 Å². The monoisotopic (exact) mass is 351 g/mol. The molecular formula is C16H24F3NO4. The van der Waals surface area contributed by atoms with Gasteiger partial charge < -0.3 is 15.2 Å². The van der Waals surface area contributed by atoms with Crippen LogP contribution in [-0.2, 0) is 14.3 Å². The summed E-state index contributed by atoms with van der Waals surface area (Å²) in [4.78, 5) is 23.5. The second-order valence-electron chi connectivity index (χ2n) is 6.94. The van der Waals surface area contributed by atoms with Crippen LogP contribution in [0.15, 0.2) is 0 Å². The van der Waals surface area contributed by atoms with Crippen molar-refractivity contribution < 1.29 is 32.6 Å². The Bertz CT molecular complexity index is 453. The number of carbonyl (C=O) groups excluding carboxylic acids is 1. The highest BCUT2D eigenvalue weighted by Gasteiger charge is 2.42. The molecule has 24 heavy (non-hydrogen) atoms. The van der Waals surface area contributed by atoms with Crippen LogP contribution >= 0.6 is 0 Å². The number of alkyl halides is 3. The van der Waals surface area contributed by atoms with Gasteiger partial charge in [-0.25, -0.2) is 0 Å². The van der Waals surface area contributed by atoms with Gasteiger partial charge in [-0.15, -0.1) is 0 Å². The third kappa shape index (κ3) is 4.84. The van der Waals surface area contributed by atoms with E-state index in [4.69, 9.17) is 4.74 Å². The van der Waals surface area contributed by atoms with Crippen molar-refractivity contribution in [1.82, 2.24) is 5.32 Å². The standard InChI is InChI=1S/C16H24F3NO4/c17-16(18,19)12-3-1-11(2-4-12)9-13(21)20-10-15(14(22)23)5-7-24-8-6-15/h11-12H,1-10H2,(H,20,21)(H,22,23). The van der Waals surface area contributed by atoms with Crippen LogP contribution in [0.1, 0.15) is 44.9 Å². The van der Waals surface area contributed by atoms with E-state index in [1.54, 1.807) is 0 Å². The van der Waals surface area contributed by atoms with Gasteiger partial charge in [0, 0.05) is 26.2 Å². The smallest absolute Gasteiger partial charge is 0.391 e. The molecule has 0 aromatic carbocycles. The van der Waals surface area contributed by atoms with Gasteiger partial charge in [0.2, 0.25) is 5.91 Å². The number of hydrogen-bond donors (Lipinski definition) is 2. The first-order valence-electron chi connectivity index (χ1n) is 8.37. The van der Waals surface area contributed by atoms with E-state index in [1.165, 1.54) is 0 Å². The molecule has 0 spiro atoms. The number of nitrogens with one attached hydrogen (secondary N) is 1. The van der Waals surface area contributed by atoms with Crippen molar-refractivity contribution in [2.75, 3.05) is 19.8 Å². The first-order valence-corrected chi connectivity index (χ1v) is 8.37. The number of amides is 1. The SMILES string of the molecule is O=C(CC1CCC(C(F)(F)F)CC1)NCC1(C(=O)O)CCOCC1. The Labute approximate surface area is 138 Å². The van der Waals surface area contributed by atoms with E-state index >= 15 is 0 Å². The van der Waals surface area contributed by atoms with Gasteiger partial charge in [0.25, 0.3) is 0 Å². The number of carbonyl (C=O) groups is 2. The van der Waals surface area contributed by atoms with Crippen LogP contribution in [0.5, 0.6) is 0 Å². The zero-order valence-corrected chi connectivity index (χ0v) is 13.5. The maximum Gasteiger partial charge on any atom is 0.391 e. The molecular weight excluding hydrogens is 327 g/mol. The summed E-state index contributed by atoms with van der Waals surface area (Å²) in [7, 11) is 0. The maximum atomic E-state index is 12.6. The average molecular weight is 351 g/mol. The van der Waals surface area contributed by atoms with Gasteiger partial charge in [-0.05, 0) is 44.4 Å². The van der Waals surface area contributed by atoms with Gasteiger partial charge in [0.15, 0.2) is 0 Å². The zero-order chi connectivity index (χ0) is 17.8. The summed E-state index contributed by atoms with van der Waals surface area (Å²) in [6.45, 7) is 0.746. The van der Waals surface area contributed by atoms with Crippen molar-refractivity contribution in [2.24, 2.45) is 17.3 Å². The molecule has 0 unspecified atom stereocenters. The molecule has 1 saturated heterocycles. The Kier molecular flexibility index (Phi) is 6.11. The molecule has 138 valence electrons. The third-order valence-electron chi connectivity index (χ3n) is 5.31. The van der Waals surface area contributed by atoms with Gasteiger partial charge in [0.05, 0.1) is 11.3 Å². The molecule has 0 atom stereocenters. The minimum absolute atomic E-state index is 0.0441. The summed E-state index contributed by atoms with van der Waals surface area (Å²) in [5.74, 6) is -2.54. The maximum absolute atomic E-state index is 12.6. The molecule has 1 saturated carbocycles. The van der Waals surface area contributed by atoms with Gasteiger partial charge in [0.1, 0.15) is 0 Å². The zero-order valence-electron chi connectivity index (χ0n) is 13.5. The number of halogens is 3. The van der Waals surface area contributed by atoms with E-state index in [9.17, 15) is 27.9 Å². The molecule has 2 N–H and O–H groups in total. The number of hydrogen-bond acceptors (Lipinski definition) is 3. The van der Waals surface area contributed by atoms with Crippen LogP contribution in [0.25, 0.3) is 0 Å². The molecule has 1 amide bonds. The van der Waals surface area contributed by atoms with Crippen molar-refractivity contribution >= 4 is 11.9 Å². The first kappa shape index (κ1) is 19.0. The molecule has 1 aliphatic carbocycles. The van der Waals surface area contributed by atoms with Crippen molar-refractivity contribution in [3.8, 4) is 0 Å². The molecule has 5 nitrogen and oxygen atoms in total. The van der Waals surface area contributed by atoms with E-state index in [2.05, 4.69) is 5.32 Å². The largest absolute Gasteiger partial charge is 0.481 e. The molecule has 0 radical (unpaired) electrons. The molecule has 1 heterocycles. The third-order valence-corrected chi connectivity index (χ3v) is 5.31. The van der Waals surface area contributed by atoms with E-state index in [0.29, 0.717) is 38.9 Å². The van der Waals surface area contributed by atoms with E-state index in [-0.39, 0.29) is 37.6 Å². The fourth-order valence-corrected chi connectivity index (χ4v) is 3.52. The molecule has 2 fully saturated rings. The van der Waals surface area contributed by atoms with E-state index in [1.807, 2.05) is 0 Å². The topological polar surface area (TPSA) is 75.6 Å². The molecule has 8 heteroatoms. The molecule has 2 aliphatic rings. The van der Waals surface area contributed by atoms with Crippen molar-refractivity contribution in [3.63, 3.8) is 0 Å². The van der Waals surface area contributed by atoms with Gasteiger partial charge in [-0.2, -0.15) is 13.2 Å². The molecule has 0 aromatic heterocycles. The lowest BCUT2D eigenvalue weighted by Gasteiger charge is -2.33. The fraction of sp³-hybridized carbons (Fsp3) is 0.875. The summed E-state index contributed by atoms with van der Waals surface area (Å²) in [5, 5.41) is 12.1. The lowest BCUT2D eigenvalue weighted by molar-refractivity contribution is -0.184. The van der Waals surface area contributed by atoms with Crippen LogP contribution in [-0.4, -0.2) is 42.9 Å². The highest BCUT2D eigenvalue weighted by atomic mass is 19.4. The molecule has 1 aliphatic heterocycles. The highest BCUT2D eigenvalue weighted by molar-refractivity contribution is 5.79. The number of ether oxygens (including phenoxy) is 1. The van der Waals surface area contributed by atoms with Crippen molar-refractivity contribution in [2.45, 2.75) is 51.1 Å². The van der Waals surface area contributed by atoms with Crippen LogP contribution in [0, 0.1) is 17.3 Å². The lowest BCUT2D eigenvalue weighted by Crippen LogP contribution is -2.46. The second-order valence-corrected chi connectivity index (χ2v) is 6.94. The fourth-order valence-electron chi connectivity index (χ4n) is 3.52. The van der Waals surface area contributed by atoms with Gasteiger partial charge in [-0.3, -0.25) is 9.59 Å². The van der Waals surface area contributed by atoms with Crippen LogP contribution < -0.4 is 5.32 Å². The minimum atomic E-state index is -4.15. The quantitative estimate of drug-likeness (QED) is 0.799. The Balaban J connectivity index is 1.76. The molecule has 0 bridgehead atoms. The number of rotatable bonds is 5. The Morgan fingerprint density at radius 1 is 1.12 bits per heavy atom. The summed E-state index contributed by atoms with van der Waals surface area (Å²) in [6.07, 6.45) is -2.39. The highest BCUT2D eigenvalue weighted by Crippen LogP contribution is 2.40. The first-order chi connectivity index (χ1) is 11.2. The predicted molar refractivity (Wildman–Crippen MR) is 79.3 cm³/mol. The summed E-state index contributed by atoms with van der Waals surface area (Å²) < 4.78 is 43.1. The van der Waals surface area contributed by atoms with Gasteiger partial charge >= 0.3 is 12.1 Å². The van der Waals surface area contributed by atoms with Crippen molar-refractivity contribution in [1.29, 1.82) is 0 Å². The molecule has 0 aromatic rings. The average Bonchev–Trinajstić information content (AvgIpc) is 2.53. The summed E-state index contributed by atoms with van der Waals surface area (Å²) in [5.41, 5.74) is -0.998. The number of carboxylic acids is 1.